The molecule has 0 aliphatic heterocycles. The molecule has 20 heavy (non-hydrogen) atoms. The van der Waals surface area contributed by atoms with Crippen molar-refractivity contribution in [2.24, 2.45) is 0 Å². The van der Waals surface area contributed by atoms with Gasteiger partial charge in [-0.25, -0.2) is 0 Å². The Morgan fingerprint density at radius 3 is 2.85 bits per heavy atom. The molecule has 0 fully saturated rings. The van der Waals surface area contributed by atoms with Gasteiger partial charge in [0.15, 0.2) is 0 Å². The maximum atomic E-state index is 9.13. The van der Waals surface area contributed by atoms with Gasteiger partial charge in [-0.15, -0.1) is 0 Å². The van der Waals surface area contributed by atoms with Crippen molar-refractivity contribution in [3.05, 3.63) is 53.3 Å². The van der Waals surface area contributed by atoms with E-state index in [4.69, 9.17) is 10.00 Å². The van der Waals surface area contributed by atoms with E-state index in [0.717, 1.165) is 12.1 Å². The molecule has 0 radical (unpaired) electrons. The first-order chi connectivity index (χ1) is 9.69. The number of benzene rings is 1. The van der Waals surface area contributed by atoms with E-state index in [1.54, 1.807) is 7.11 Å². The summed E-state index contributed by atoms with van der Waals surface area (Å²) in [6, 6.07) is 12.3. The predicted molar refractivity (Wildman–Crippen MR) is 78.7 cm³/mol. The van der Waals surface area contributed by atoms with Crippen molar-refractivity contribution >= 4 is 0 Å². The number of rotatable bonds is 5. The number of hydrogen-bond donors (Lipinski definition) is 1. The van der Waals surface area contributed by atoms with Gasteiger partial charge in [-0.3, -0.25) is 0 Å². The molecule has 0 amide bonds. The van der Waals surface area contributed by atoms with Crippen LogP contribution in [0.15, 0.2) is 36.5 Å². The van der Waals surface area contributed by atoms with Crippen LogP contribution in [-0.4, -0.2) is 18.7 Å². The zero-order chi connectivity index (χ0) is 14.5. The van der Waals surface area contributed by atoms with Crippen LogP contribution in [0.3, 0.4) is 0 Å². The van der Waals surface area contributed by atoms with Crippen LogP contribution in [0.4, 0.5) is 0 Å². The van der Waals surface area contributed by atoms with Crippen LogP contribution in [-0.2, 0) is 6.54 Å². The Morgan fingerprint density at radius 1 is 1.40 bits per heavy atom. The van der Waals surface area contributed by atoms with Gasteiger partial charge < -0.3 is 14.6 Å². The van der Waals surface area contributed by atoms with Crippen molar-refractivity contribution in [2.45, 2.75) is 19.5 Å². The Balaban J connectivity index is 2.27. The highest BCUT2D eigenvalue weighted by Crippen LogP contribution is 2.21. The highest BCUT2D eigenvalue weighted by Gasteiger charge is 2.09. The SMILES string of the molecule is CNC(C)c1cccn1Cc1ccc(OC)c(C#N)c1. The van der Waals surface area contributed by atoms with Gasteiger partial charge in [0.25, 0.3) is 0 Å². The summed E-state index contributed by atoms with van der Waals surface area (Å²) in [4.78, 5) is 0. The smallest absolute Gasteiger partial charge is 0.136 e. The first-order valence-corrected chi connectivity index (χ1v) is 6.59. The summed E-state index contributed by atoms with van der Waals surface area (Å²) in [5.41, 5.74) is 2.88. The molecule has 0 bridgehead atoms. The number of hydrogen-bond acceptors (Lipinski definition) is 3. The molecule has 4 nitrogen and oxygen atoms in total. The van der Waals surface area contributed by atoms with Crippen LogP contribution >= 0.6 is 0 Å². The van der Waals surface area contributed by atoms with E-state index in [2.05, 4.69) is 35.1 Å². The molecule has 0 aliphatic rings. The molecule has 1 heterocycles. The van der Waals surface area contributed by atoms with Gasteiger partial charge in [0.2, 0.25) is 0 Å². The molecule has 2 aromatic rings. The summed E-state index contributed by atoms with van der Waals surface area (Å²) in [6.07, 6.45) is 2.06. The zero-order valence-corrected chi connectivity index (χ0v) is 12.1. The van der Waals surface area contributed by atoms with Gasteiger partial charge in [-0.1, -0.05) is 6.07 Å². The number of ether oxygens (including phenoxy) is 1. The molecule has 0 aliphatic carbocycles. The minimum Gasteiger partial charge on any atom is -0.495 e. The van der Waals surface area contributed by atoms with Gasteiger partial charge in [0.05, 0.1) is 12.7 Å². The van der Waals surface area contributed by atoms with E-state index in [0.29, 0.717) is 17.4 Å². The third kappa shape index (κ3) is 2.84. The predicted octanol–water partition coefficient (Wildman–Crippen LogP) is 2.70. The first-order valence-electron chi connectivity index (χ1n) is 6.59. The van der Waals surface area contributed by atoms with E-state index in [9.17, 15) is 0 Å². The van der Waals surface area contributed by atoms with Gasteiger partial charge in [0.1, 0.15) is 11.8 Å². The molecule has 4 heteroatoms. The van der Waals surface area contributed by atoms with E-state index in [1.165, 1.54) is 5.69 Å². The highest BCUT2D eigenvalue weighted by atomic mass is 16.5. The fourth-order valence-electron chi connectivity index (χ4n) is 2.25. The summed E-state index contributed by atoms with van der Waals surface area (Å²) in [6.45, 7) is 2.87. The van der Waals surface area contributed by atoms with Gasteiger partial charge in [-0.2, -0.15) is 5.26 Å². The highest BCUT2D eigenvalue weighted by molar-refractivity contribution is 5.45. The van der Waals surface area contributed by atoms with Crippen LogP contribution in [0.5, 0.6) is 5.75 Å². The zero-order valence-electron chi connectivity index (χ0n) is 12.1. The fourth-order valence-corrected chi connectivity index (χ4v) is 2.25. The molecule has 0 saturated carbocycles. The molecule has 1 aromatic carbocycles. The van der Waals surface area contributed by atoms with Crippen molar-refractivity contribution in [3.8, 4) is 11.8 Å². The van der Waals surface area contributed by atoms with E-state index < -0.39 is 0 Å². The molecule has 0 spiro atoms. The Kier molecular flexibility index (Phi) is 4.44. The standard InChI is InChI=1S/C16H19N3O/c1-12(18-2)15-5-4-8-19(15)11-13-6-7-16(20-3)14(9-13)10-17/h4-9,12,18H,11H2,1-3H3. The van der Waals surface area contributed by atoms with Crippen LogP contribution in [0.1, 0.15) is 29.8 Å². The Morgan fingerprint density at radius 2 is 2.20 bits per heavy atom. The average molecular weight is 269 g/mol. The fraction of sp³-hybridized carbons (Fsp3) is 0.312. The molecule has 1 N–H and O–H groups in total. The van der Waals surface area contributed by atoms with E-state index in [-0.39, 0.29) is 0 Å². The molecule has 1 atom stereocenters. The second-order valence-electron chi connectivity index (χ2n) is 4.72. The Labute approximate surface area is 119 Å². The second-order valence-corrected chi connectivity index (χ2v) is 4.72. The lowest BCUT2D eigenvalue weighted by molar-refractivity contribution is 0.413. The van der Waals surface area contributed by atoms with Crippen molar-refractivity contribution in [1.29, 1.82) is 5.26 Å². The first kappa shape index (κ1) is 14.2. The molecular weight excluding hydrogens is 250 g/mol. The van der Waals surface area contributed by atoms with Crippen molar-refractivity contribution in [3.63, 3.8) is 0 Å². The topological polar surface area (TPSA) is 50.0 Å². The molecule has 2 rings (SSSR count). The summed E-state index contributed by atoms with van der Waals surface area (Å²) in [7, 11) is 3.53. The molecule has 104 valence electrons. The number of methoxy groups -OCH3 is 1. The number of aromatic nitrogens is 1. The molecule has 1 aromatic heterocycles. The second kappa shape index (κ2) is 6.27. The quantitative estimate of drug-likeness (QED) is 0.908. The lowest BCUT2D eigenvalue weighted by Crippen LogP contribution is -2.16. The molecule has 0 saturated heterocycles. The van der Waals surface area contributed by atoms with E-state index in [1.807, 2.05) is 31.3 Å². The summed E-state index contributed by atoms with van der Waals surface area (Å²) >= 11 is 0. The van der Waals surface area contributed by atoms with Crippen molar-refractivity contribution in [1.82, 2.24) is 9.88 Å². The number of nitrogens with zero attached hydrogens (tertiary/aromatic N) is 2. The third-order valence-electron chi connectivity index (χ3n) is 3.48. The minimum absolute atomic E-state index is 0.290. The van der Waals surface area contributed by atoms with Crippen LogP contribution in [0, 0.1) is 11.3 Å². The molecule has 1 unspecified atom stereocenters. The average Bonchev–Trinajstić information content (AvgIpc) is 2.94. The summed E-state index contributed by atoms with van der Waals surface area (Å²) in [5.74, 6) is 0.618. The maximum absolute atomic E-state index is 9.13. The number of nitrogens with one attached hydrogen (secondary N) is 1. The Bertz CT molecular complexity index is 625. The lowest BCUT2D eigenvalue weighted by atomic mass is 10.1. The monoisotopic (exact) mass is 269 g/mol. The normalized spacial score (nSPS) is 11.9. The number of nitriles is 1. The van der Waals surface area contributed by atoms with Crippen LogP contribution in [0.2, 0.25) is 0 Å². The lowest BCUT2D eigenvalue weighted by Gasteiger charge is -2.15. The van der Waals surface area contributed by atoms with E-state index >= 15 is 0 Å². The Hall–Kier alpha value is -2.25. The van der Waals surface area contributed by atoms with Crippen LogP contribution < -0.4 is 10.1 Å². The van der Waals surface area contributed by atoms with Gasteiger partial charge in [-0.05, 0) is 43.8 Å². The largest absolute Gasteiger partial charge is 0.495 e. The van der Waals surface area contributed by atoms with Gasteiger partial charge in [0, 0.05) is 24.5 Å². The molecular formula is C16H19N3O. The van der Waals surface area contributed by atoms with Gasteiger partial charge >= 0.3 is 0 Å². The maximum Gasteiger partial charge on any atom is 0.136 e. The minimum atomic E-state index is 0.290. The van der Waals surface area contributed by atoms with Crippen LogP contribution in [0.25, 0.3) is 0 Å². The third-order valence-corrected chi connectivity index (χ3v) is 3.48. The van der Waals surface area contributed by atoms with Crippen molar-refractivity contribution < 1.29 is 4.74 Å². The van der Waals surface area contributed by atoms with Crippen molar-refractivity contribution in [2.75, 3.05) is 14.2 Å². The summed E-state index contributed by atoms with van der Waals surface area (Å²) < 4.78 is 7.35. The summed E-state index contributed by atoms with van der Waals surface area (Å²) in [5, 5.41) is 12.4.